The van der Waals surface area contributed by atoms with Gasteiger partial charge in [-0.25, -0.2) is 14.4 Å². The van der Waals surface area contributed by atoms with E-state index in [0.29, 0.717) is 46.5 Å². The Kier molecular flexibility index (Phi) is 6.61. The van der Waals surface area contributed by atoms with E-state index in [9.17, 15) is 9.18 Å². The van der Waals surface area contributed by atoms with E-state index in [1.54, 1.807) is 30.7 Å². The summed E-state index contributed by atoms with van der Waals surface area (Å²) in [6.45, 7) is 2.48. The fourth-order valence-corrected chi connectivity index (χ4v) is 4.26. The molecule has 0 saturated heterocycles. The van der Waals surface area contributed by atoms with Gasteiger partial charge in [0, 0.05) is 32.4 Å². The van der Waals surface area contributed by atoms with Gasteiger partial charge in [-0.05, 0) is 42.7 Å². The van der Waals surface area contributed by atoms with E-state index in [4.69, 9.17) is 4.98 Å². The number of hydrogen-bond donors (Lipinski definition) is 0. The number of nitrogens with zero attached hydrogens (tertiary/aromatic N) is 5. The number of halogens is 1. The number of benzene rings is 1. The largest absolute Gasteiger partial charge is 0.354 e. The molecule has 8 heteroatoms. The molecule has 0 atom stereocenters. The van der Waals surface area contributed by atoms with Gasteiger partial charge in [-0.3, -0.25) is 14.8 Å². The maximum absolute atomic E-state index is 13.1. The molecule has 6 nitrogen and oxygen atoms in total. The number of carbonyl (C=O) groups excluding carboxylic acids is 1. The third-order valence-corrected chi connectivity index (χ3v) is 6.20. The van der Waals surface area contributed by atoms with Crippen LogP contribution in [0.25, 0.3) is 10.7 Å². The Hall–Kier alpha value is -3.52. The van der Waals surface area contributed by atoms with Crippen molar-refractivity contribution in [1.29, 1.82) is 0 Å². The Bertz CT molecular complexity index is 1210. The van der Waals surface area contributed by atoms with E-state index in [0.717, 1.165) is 11.1 Å². The van der Waals surface area contributed by atoms with E-state index in [-0.39, 0.29) is 11.6 Å². The summed E-state index contributed by atoms with van der Waals surface area (Å²) in [7, 11) is 1.94. The number of Topliss-reactive ketones (excluding diaryl/α,β-unsaturated/α-hetero) is 1. The van der Waals surface area contributed by atoms with Crippen LogP contribution in [0.3, 0.4) is 0 Å². The highest BCUT2D eigenvalue weighted by atomic mass is 32.1. The molecule has 162 valence electrons. The number of aromatic nitrogens is 4. The first-order chi connectivity index (χ1) is 15.5. The molecule has 0 aliphatic rings. The molecule has 4 rings (SSSR count). The molecule has 0 unspecified atom stereocenters. The van der Waals surface area contributed by atoms with Crippen molar-refractivity contribution in [3.63, 3.8) is 0 Å². The summed E-state index contributed by atoms with van der Waals surface area (Å²) in [6.07, 6.45) is 7.82. The van der Waals surface area contributed by atoms with Gasteiger partial charge in [0.25, 0.3) is 0 Å². The normalized spacial score (nSPS) is 10.8. The maximum atomic E-state index is 13.1. The highest BCUT2D eigenvalue weighted by Crippen LogP contribution is 2.28. The van der Waals surface area contributed by atoms with E-state index in [1.807, 2.05) is 37.2 Å². The van der Waals surface area contributed by atoms with Crippen LogP contribution in [0.1, 0.15) is 32.9 Å². The molecule has 0 fully saturated rings. The molecule has 0 spiro atoms. The quantitative estimate of drug-likeness (QED) is 0.358. The number of carbonyl (C=O) groups is 1. The minimum Gasteiger partial charge on any atom is -0.354 e. The molecule has 32 heavy (non-hydrogen) atoms. The molecule has 0 saturated carbocycles. The average Bonchev–Trinajstić information content (AvgIpc) is 3.21. The third kappa shape index (κ3) is 5.20. The van der Waals surface area contributed by atoms with Gasteiger partial charge >= 0.3 is 0 Å². The number of rotatable bonds is 8. The predicted octanol–water partition coefficient (Wildman–Crippen LogP) is 4.89. The Morgan fingerprint density at radius 3 is 2.59 bits per heavy atom. The minimum absolute atomic E-state index is 0.0217. The van der Waals surface area contributed by atoms with Crippen molar-refractivity contribution in [3.05, 3.63) is 88.7 Å². The van der Waals surface area contributed by atoms with Gasteiger partial charge in [0.2, 0.25) is 0 Å². The standard InChI is InChI=1S/C24H22FN5OS/c1-16-23(21(31)10-7-17-5-8-19(25)9-6-17)32-24(28-16)20-13-27-14-22(29-20)30(2)15-18-4-3-11-26-12-18/h3-6,8-9,11-14H,7,10,15H2,1-2H3. The third-order valence-electron chi connectivity index (χ3n) is 4.98. The van der Waals surface area contributed by atoms with Gasteiger partial charge in [-0.1, -0.05) is 18.2 Å². The summed E-state index contributed by atoms with van der Waals surface area (Å²) < 4.78 is 13.1. The van der Waals surface area contributed by atoms with Gasteiger partial charge in [-0.15, -0.1) is 11.3 Å². The molecule has 3 aromatic heterocycles. The van der Waals surface area contributed by atoms with Crippen molar-refractivity contribution >= 4 is 22.9 Å². The first-order valence-electron chi connectivity index (χ1n) is 10.2. The molecule has 1 aromatic carbocycles. The maximum Gasteiger partial charge on any atom is 0.175 e. The number of thiazole rings is 1. The van der Waals surface area contributed by atoms with Crippen LogP contribution in [-0.2, 0) is 13.0 Å². The molecule has 3 heterocycles. The zero-order valence-electron chi connectivity index (χ0n) is 17.8. The molecule has 0 N–H and O–H groups in total. The van der Waals surface area contributed by atoms with E-state index in [1.165, 1.54) is 23.5 Å². The van der Waals surface area contributed by atoms with Crippen LogP contribution < -0.4 is 4.90 Å². The summed E-state index contributed by atoms with van der Waals surface area (Å²) in [5, 5.41) is 0.664. The van der Waals surface area contributed by atoms with Crippen molar-refractivity contribution < 1.29 is 9.18 Å². The Balaban J connectivity index is 1.47. The van der Waals surface area contributed by atoms with E-state index >= 15 is 0 Å². The van der Waals surface area contributed by atoms with Crippen molar-refractivity contribution in [2.24, 2.45) is 0 Å². The molecule has 0 aliphatic carbocycles. The Morgan fingerprint density at radius 2 is 1.84 bits per heavy atom. The van der Waals surface area contributed by atoms with Crippen molar-refractivity contribution in [1.82, 2.24) is 19.9 Å². The van der Waals surface area contributed by atoms with Gasteiger partial charge in [-0.2, -0.15) is 0 Å². The van der Waals surface area contributed by atoms with Gasteiger partial charge in [0.1, 0.15) is 22.3 Å². The van der Waals surface area contributed by atoms with Gasteiger partial charge < -0.3 is 4.90 Å². The van der Waals surface area contributed by atoms with Crippen LogP contribution in [0.4, 0.5) is 10.2 Å². The average molecular weight is 448 g/mol. The number of hydrogen-bond acceptors (Lipinski definition) is 7. The second-order valence-electron chi connectivity index (χ2n) is 7.46. The lowest BCUT2D eigenvalue weighted by Crippen LogP contribution is -2.18. The minimum atomic E-state index is -0.280. The fraction of sp³-hybridized carbons (Fsp3) is 0.208. The Labute approximate surface area is 189 Å². The van der Waals surface area contributed by atoms with Crippen molar-refractivity contribution in [2.75, 3.05) is 11.9 Å². The first kappa shape index (κ1) is 21.7. The molecular formula is C24H22FN5OS. The summed E-state index contributed by atoms with van der Waals surface area (Å²) in [6, 6.07) is 10.1. The Morgan fingerprint density at radius 1 is 1.03 bits per heavy atom. The highest BCUT2D eigenvalue weighted by molar-refractivity contribution is 7.17. The lowest BCUT2D eigenvalue weighted by Gasteiger charge is -2.17. The molecular weight excluding hydrogens is 425 g/mol. The van der Waals surface area contributed by atoms with Crippen LogP contribution in [-0.4, -0.2) is 32.8 Å². The van der Waals surface area contributed by atoms with Crippen LogP contribution in [0.5, 0.6) is 0 Å². The zero-order chi connectivity index (χ0) is 22.5. The van der Waals surface area contributed by atoms with Crippen LogP contribution in [0, 0.1) is 12.7 Å². The topological polar surface area (TPSA) is 71.9 Å². The van der Waals surface area contributed by atoms with Crippen molar-refractivity contribution in [2.45, 2.75) is 26.3 Å². The SMILES string of the molecule is Cc1nc(-c2cncc(N(C)Cc3cccnc3)n2)sc1C(=O)CCc1ccc(F)cc1. The highest BCUT2D eigenvalue weighted by Gasteiger charge is 2.18. The number of pyridine rings is 1. The molecule has 0 amide bonds. The zero-order valence-corrected chi connectivity index (χ0v) is 18.6. The monoisotopic (exact) mass is 447 g/mol. The predicted molar refractivity (Wildman–Crippen MR) is 123 cm³/mol. The second-order valence-corrected chi connectivity index (χ2v) is 8.46. The van der Waals surface area contributed by atoms with Crippen LogP contribution in [0.2, 0.25) is 0 Å². The number of aryl methyl sites for hydroxylation is 2. The van der Waals surface area contributed by atoms with Gasteiger partial charge in [0.05, 0.1) is 23.0 Å². The molecule has 4 aromatic rings. The van der Waals surface area contributed by atoms with E-state index in [2.05, 4.69) is 15.0 Å². The number of anilines is 1. The summed E-state index contributed by atoms with van der Waals surface area (Å²) in [5.74, 6) is 0.453. The van der Waals surface area contributed by atoms with Gasteiger partial charge in [0.15, 0.2) is 5.78 Å². The molecule has 0 radical (unpaired) electrons. The van der Waals surface area contributed by atoms with Crippen LogP contribution in [0.15, 0.2) is 61.2 Å². The smallest absolute Gasteiger partial charge is 0.175 e. The fourth-order valence-electron chi connectivity index (χ4n) is 3.28. The lowest BCUT2D eigenvalue weighted by molar-refractivity contribution is 0.0986. The lowest BCUT2D eigenvalue weighted by atomic mass is 10.1. The summed E-state index contributed by atoms with van der Waals surface area (Å²) >= 11 is 1.33. The summed E-state index contributed by atoms with van der Waals surface area (Å²) in [5.41, 5.74) is 3.31. The summed E-state index contributed by atoms with van der Waals surface area (Å²) in [4.78, 5) is 33.1. The molecule has 0 aliphatic heterocycles. The first-order valence-corrected chi connectivity index (χ1v) is 11.0. The molecule has 0 bridgehead atoms. The van der Waals surface area contributed by atoms with Crippen LogP contribution >= 0.6 is 11.3 Å². The van der Waals surface area contributed by atoms with E-state index < -0.39 is 0 Å². The van der Waals surface area contributed by atoms with Crippen molar-refractivity contribution in [3.8, 4) is 10.7 Å². The second kappa shape index (κ2) is 9.74. The number of ketones is 1.